The van der Waals surface area contributed by atoms with Crippen LogP contribution in [0.1, 0.15) is 43.9 Å². The SMILES string of the molecule is CCCS(=O)(=O)NCC1CCC(Nc2nc(-c3ccccn3)c(C)s2)CC1. The molecule has 1 fully saturated rings. The zero-order valence-corrected chi connectivity index (χ0v) is 17.6. The molecule has 0 radical (unpaired) electrons. The molecule has 0 atom stereocenters. The van der Waals surface area contributed by atoms with Crippen molar-refractivity contribution in [3.8, 4) is 11.4 Å². The lowest BCUT2D eigenvalue weighted by Gasteiger charge is -2.29. The summed E-state index contributed by atoms with van der Waals surface area (Å²) < 4.78 is 26.3. The molecule has 0 aromatic carbocycles. The van der Waals surface area contributed by atoms with Crippen molar-refractivity contribution in [3.05, 3.63) is 29.3 Å². The molecule has 1 saturated carbocycles. The maximum atomic E-state index is 11.8. The molecule has 0 unspecified atom stereocenters. The van der Waals surface area contributed by atoms with Crippen molar-refractivity contribution in [2.24, 2.45) is 5.92 Å². The molecule has 0 amide bonds. The summed E-state index contributed by atoms with van der Waals surface area (Å²) in [5, 5.41) is 4.51. The third-order valence-electron chi connectivity index (χ3n) is 4.94. The molecule has 6 nitrogen and oxygen atoms in total. The zero-order chi connectivity index (χ0) is 19.3. The van der Waals surface area contributed by atoms with Crippen molar-refractivity contribution in [2.75, 3.05) is 17.6 Å². The summed E-state index contributed by atoms with van der Waals surface area (Å²) in [6.07, 6.45) is 6.58. The van der Waals surface area contributed by atoms with Gasteiger partial charge in [-0.15, -0.1) is 11.3 Å². The number of hydrogen-bond acceptors (Lipinski definition) is 6. The molecule has 0 saturated heterocycles. The number of rotatable bonds is 8. The van der Waals surface area contributed by atoms with Crippen molar-refractivity contribution in [1.29, 1.82) is 0 Å². The van der Waals surface area contributed by atoms with Crippen LogP contribution in [-0.2, 0) is 10.0 Å². The first-order valence-electron chi connectivity index (χ1n) is 9.59. The van der Waals surface area contributed by atoms with Crippen molar-refractivity contribution in [2.45, 2.75) is 52.0 Å². The van der Waals surface area contributed by atoms with E-state index >= 15 is 0 Å². The van der Waals surface area contributed by atoms with Gasteiger partial charge in [0.15, 0.2) is 5.13 Å². The zero-order valence-electron chi connectivity index (χ0n) is 15.9. The molecular weight excluding hydrogens is 380 g/mol. The maximum Gasteiger partial charge on any atom is 0.211 e. The van der Waals surface area contributed by atoms with Gasteiger partial charge in [-0.05, 0) is 57.1 Å². The van der Waals surface area contributed by atoms with Crippen molar-refractivity contribution < 1.29 is 8.42 Å². The summed E-state index contributed by atoms with van der Waals surface area (Å²) in [7, 11) is -3.10. The Bertz CT molecular complexity index is 829. The Balaban J connectivity index is 1.50. The molecule has 2 aromatic rings. The molecule has 0 bridgehead atoms. The summed E-state index contributed by atoms with van der Waals surface area (Å²) in [4.78, 5) is 10.3. The van der Waals surface area contributed by atoms with E-state index in [1.165, 1.54) is 0 Å². The molecule has 2 aromatic heterocycles. The van der Waals surface area contributed by atoms with Gasteiger partial charge in [0.25, 0.3) is 0 Å². The number of aryl methyl sites for hydroxylation is 1. The molecule has 8 heteroatoms. The Labute approximate surface area is 165 Å². The van der Waals surface area contributed by atoms with Crippen LogP contribution in [-0.4, -0.2) is 36.7 Å². The number of anilines is 1. The molecule has 0 aliphatic heterocycles. The Morgan fingerprint density at radius 3 is 2.67 bits per heavy atom. The highest BCUT2D eigenvalue weighted by molar-refractivity contribution is 7.89. The van der Waals surface area contributed by atoms with E-state index in [9.17, 15) is 8.42 Å². The third-order valence-corrected chi connectivity index (χ3v) is 7.40. The predicted octanol–water partition coefficient (Wildman–Crippen LogP) is 3.81. The molecule has 148 valence electrons. The summed E-state index contributed by atoms with van der Waals surface area (Å²) >= 11 is 1.67. The Kier molecular flexibility index (Phi) is 6.83. The van der Waals surface area contributed by atoms with E-state index in [0.29, 0.717) is 24.9 Å². The van der Waals surface area contributed by atoms with Gasteiger partial charge in [0.1, 0.15) is 5.69 Å². The average Bonchev–Trinajstić information content (AvgIpc) is 3.02. The van der Waals surface area contributed by atoms with Crippen LogP contribution in [0.5, 0.6) is 0 Å². The van der Waals surface area contributed by atoms with E-state index < -0.39 is 10.0 Å². The van der Waals surface area contributed by atoms with Crippen LogP contribution < -0.4 is 10.0 Å². The molecule has 3 rings (SSSR count). The quantitative estimate of drug-likeness (QED) is 0.694. The molecule has 1 aliphatic rings. The van der Waals surface area contributed by atoms with Crippen molar-refractivity contribution in [3.63, 3.8) is 0 Å². The molecule has 27 heavy (non-hydrogen) atoms. The first-order chi connectivity index (χ1) is 13.0. The molecular formula is C19H28N4O2S2. The van der Waals surface area contributed by atoms with E-state index in [2.05, 4.69) is 21.9 Å². The first kappa shape index (κ1) is 20.2. The minimum atomic E-state index is -3.10. The molecule has 2 heterocycles. The smallest absolute Gasteiger partial charge is 0.211 e. The lowest BCUT2D eigenvalue weighted by molar-refractivity contribution is 0.337. The van der Waals surface area contributed by atoms with Gasteiger partial charge < -0.3 is 5.32 Å². The minimum absolute atomic E-state index is 0.214. The second-order valence-electron chi connectivity index (χ2n) is 7.17. The van der Waals surface area contributed by atoms with E-state index in [-0.39, 0.29) is 5.75 Å². The van der Waals surface area contributed by atoms with Gasteiger partial charge in [0.05, 0.1) is 11.4 Å². The van der Waals surface area contributed by atoms with Crippen LogP contribution in [0, 0.1) is 12.8 Å². The first-order valence-corrected chi connectivity index (χ1v) is 12.1. The summed E-state index contributed by atoms with van der Waals surface area (Å²) in [6, 6.07) is 6.27. The van der Waals surface area contributed by atoms with E-state index in [4.69, 9.17) is 4.98 Å². The highest BCUT2D eigenvalue weighted by atomic mass is 32.2. The standard InChI is InChI=1S/C19H28N4O2S2/c1-3-12-27(24,25)21-13-15-7-9-16(10-8-15)22-19-23-18(14(2)26-19)17-6-4-5-11-20-17/h4-6,11,15-16,21H,3,7-10,12-13H2,1-2H3,(H,22,23). The van der Waals surface area contributed by atoms with Crippen LogP contribution in [0.25, 0.3) is 11.4 Å². The van der Waals surface area contributed by atoms with Gasteiger partial charge in [-0.2, -0.15) is 0 Å². The monoisotopic (exact) mass is 408 g/mol. The second kappa shape index (κ2) is 9.12. The highest BCUT2D eigenvalue weighted by Gasteiger charge is 2.23. The van der Waals surface area contributed by atoms with E-state index in [1.807, 2.05) is 25.1 Å². The van der Waals surface area contributed by atoms with Crippen LogP contribution in [0.15, 0.2) is 24.4 Å². The van der Waals surface area contributed by atoms with Crippen molar-refractivity contribution >= 4 is 26.5 Å². The lowest BCUT2D eigenvalue weighted by Crippen LogP contribution is -2.34. The van der Waals surface area contributed by atoms with Gasteiger partial charge in [0, 0.05) is 23.7 Å². The topological polar surface area (TPSA) is 84.0 Å². The lowest BCUT2D eigenvalue weighted by atomic mass is 9.86. The maximum absolute atomic E-state index is 11.8. The highest BCUT2D eigenvalue weighted by Crippen LogP contribution is 2.32. The predicted molar refractivity (Wildman–Crippen MR) is 112 cm³/mol. The molecule has 2 N–H and O–H groups in total. The number of pyridine rings is 1. The largest absolute Gasteiger partial charge is 0.359 e. The van der Waals surface area contributed by atoms with E-state index in [1.54, 1.807) is 17.5 Å². The molecule has 1 aliphatic carbocycles. The number of nitrogens with zero attached hydrogens (tertiary/aromatic N) is 2. The number of thiazole rings is 1. The average molecular weight is 409 g/mol. The Morgan fingerprint density at radius 1 is 1.22 bits per heavy atom. The Hall–Kier alpha value is -1.51. The van der Waals surface area contributed by atoms with Crippen LogP contribution in [0.4, 0.5) is 5.13 Å². The van der Waals surface area contributed by atoms with Crippen LogP contribution in [0.3, 0.4) is 0 Å². The van der Waals surface area contributed by atoms with Gasteiger partial charge in [0.2, 0.25) is 10.0 Å². The van der Waals surface area contributed by atoms with Crippen LogP contribution >= 0.6 is 11.3 Å². The third kappa shape index (κ3) is 5.73. The summed E-state index contributed by atoms with van der Waals surface area (Å²) in [6.45, 7) is 4.52. The van der Waals surface area contributed by atoms with Crippen LogP contribution in [0.2, 0.25) is 0 Å². The summed E-state index contributed by atoms with van der Waals surface area (Å²) in [5.74, 6) is 0.642. The van der Waals surface area contributed by atoms with Gasteiger partial charge in [-0.25, -0.2) is 18.1 Å². The fourth-order valence-electron chi connectivity index (χ4n) is 3.47. The van der Waals surface area contributed by atoms with Gasteiger partial charge in [-0.3, -0.25) is 4.98 Å². The van der Waals surface area contributed by atoms with E-state index in [0.717, 1.165) is 47.1 Å². The number of nitrogens with one attached hydrogen (secondary N) is 2. The normalized spacial score (nSPS) is 20.5. The van der Waals surface area contributed by atoms with Crippen molar-refractivity contribution in [1.82, 2.24) is 14.7 Å². The fourth-order valence-corrected chi connectivity index (χ4v) is 5.54. The number of sulfonamides is 1. The Morgan fingerprint density at radius 2 is 2.00 bits per heavy atom. The molecule has 0 spiro atoms. The number of aromatic nitrogens is 2. The fraction of sp³-hybridized carbons (Fsp3) is 0.579. The minimum Gasteiger partial charge on any atom is -0.359 e. The van der Waals surface area contributed by atoms with Gasteiger partial charge >= 0.3 is 0 Å². The van der Waals surface area contributed by atoms with Gasteiger partial charge in [-0.1, -0.05) is 13.0 Å². The number of hydrogen-bond donors (Lipinski definition) is 2. The summed E-state index contributed by atoms with van der Waals surface area (Å²) in [5.41, 5.74) is 1.85. The second-order valence-corrected chi connectivity index (χ2v) is 10.3.